The number of piperidine rings is 1. The summed E-state index contributed by atoms with van der Waals surface area (Å²) in [6.45, 7) is 9.24. The fourth-order valence-electron chi connectivity index (χ4n) is 3.20. The molecule has 2 N–H and O–H groups in total. The molecule has 164 valence electrons. The Morgan fingerprint density at radius 3 is 2.63 bits per heavy atom. The van der Waals surface area contributed by atoms with Gasteiger partial charge in [-0.3, -0.25) is 4.79 Å². The molecule has 1 amide bonds. The topological polar surface area (TPSA) is 69.6 Å². The molecule has 1 aromatic heterocycles. The van der Waals surface area contributed by atoms with Crippen LogP contribution in [-0.2, 0) is 17.9 Å². The Bertz CT molecular complexity index is 834. The molecule has 1 aromatic carbocycles. The molecule has 1 aliphatic heterocycles. The summed E-state index contributed by atoms with van der Waals surface area (Å²) < 4.78 is 0. The molecule has 0 aliphatic carbocycles. The summed E-state index contributed by atoms with van der Waals surface area (Å²) in [5.41, 5.74) is 3.24. The third-order valence-electron chi connectivity index (χ3n) is 4.90. The van der Waals surface area contributed by atoms with E-state index in [4.69, 9.17) is 0 Å². The van der Waals surface area contributed by atoms with Crippen LogP contribution in [0.25, 0.3) is 0 Å². The normalized spacial score (nSPS) is 14.6. The monoisotopic (exact) mass is 541 g/mol. The number of rotatable bonds is 7. The lowest BCUT2D eigenvalue weighted by molar-refractivity contribution is -0.119. The van der Waals surface area contributed by atoms with E-state index in [2.05, 4.69) is 58.9 Å². The van der Waals surface area contributed by atoms with Gasteiger partial charge in [0.2, 0.25) is 5.91 Å². The third kappa shape index (κ3) is 6.94. The largest absolute Gasteiger partial charge is 0.357 e. The number of hydrogen-bond donors (Lipinski definition) is 2. The molecule has 1 fully saturated rings. The Morgan fingerprint density at radius 2 is 2.00 bits per heavy atom. The van der Waals surface area contributed by atoms with Crippen LogP contribution in [0.1, 0.15) is 62.2 Å². The number of anilines is 1. The van der Waals surface area contributed by atoms with Crippen LogP contribution in [0.2, 0.25) is 0 Å². The molecule has 30 heavy (non-hydrogen) atoms. The fraction of sp³-hybridized carbons (Fsp3) is 0.500. The first-order valence-electron chi connectivity index (χ1n) is 10.4. The van der Waals surface area contributed by atoms with Gasteiger partial charge in [-0.1, -0.05) is 26.0 Å². The van der Waals surface area contributed by atoms with Crippen LogP contribution in [-0.4, -0.2) is 29.9 Å². The number of aromatic nitrogens is 1. The van der Waals surface area contributed by atoms with Crippen molar-refractivity contribution in [3.05, 3.63) is 45.9 Å². The van der Waals surface area contributed by atoms with Gasteiger partial charge in [0, 0.05) is 30.6 Å². The van der Waals surface area contributed by atoms with E-state index < -0.39 is 0 Å². The maximum atomic E-state index is 12.1. The molecule has 1 aliphatic rings. The van der Waals surface area contributed by atoms with E-state index in [0.29, 0.717) is 25.4 Å². The molecule has 2 heterocycles. The summed E-state index contributed by atoms with van der Waals surface area (Å²) in [5.74, 6) is 1.46. The summed E-state index contributed by atoms with van der Waals surface area (Å²) in [7, 11) is 0. The van der Waals surface area contributed by atoms with Gasteiger partial charge < -0.3 is 15.5 Å². The smallest absolute Gasteiger partial charge is 0.226 e. The number of hydrogen-bond acceptors (Lipinski definition) is 4. The first-order chi connectivity index (χ1) is 14.1. The molecular formula is C22H32IN5OS. The van der Waals surface area contributed by atoms with Gasteiger partial charge in [-0.2, -0.15) is 0 Å². The highest BCUT2D eigenvalue weighted by molar-refractivity contribution is 14.0. The highest BCUT2D eigenvalue weighted by atomic mass is 127. The fourth-order valence-corrected chi connectivity index (χ4v) is 4.10. The Labute approximate surface area is 200 Å². The zero-order chi connectivity index (χ0) is 20.6. The van der Waals surface area contributed by atoms with Crippen molar-refractivity contribution in [2.75, 3.05) is 18.0 Å². The summed E-state index contributed by atoms with van der Waals surface area (Å²) in [4.78, 5) is 23.3. The van der Waals surface area contributed by atoms with Gasteiger partial charge in [-0.05, 0) is 43.4 Å². The van der Waals surface area contributed by atoms with Gasteiger partial charge >= 0.3 is 0 Å². The quantitative estimate of drug-likeness (QED) is 0.304. The van der Waals surface area contributed by atoms with Gasteiger partial charge in [0.1, 0.15) is 5.01 Å². The first kappa shape index (κ1) is 24.6. The second-order valence-electron chi connectivity index (χ2n) is 7.54. The number of amides is 1. The number of carbonyl (C=O) groups excluding carboxylic acids is 1. The number of halogens is 1. The average molecular weight is 542 g/mol. The number of carbonyl (C=O) groups is 1. The minimum Gasteiger partial charge on any atom is -0.357 e. The van der Waals surface area contributed by atoms with Gasteiger partial charge in [-0.15, -0.1) is 35.3 Å². The third-order valence-corrected chi connectivity index (χ3v) is 5.77. The molecule has 0 radical (unpaired) electrons. The average Bonchev–Trinajstić information content (AvgIpc) is 3.20. The highest BCUT2D eigenvalue weighted by Gasteiger charge is 2.19. The maximum absolute atomic E-state index is 12.1. The van der Waals surface area contributed by atoms with Gasteiger partial charge in [0.05, 0.1) is 18.8 Å². The molecule has 0 saturated carbocycles. The van der Waals surface area contributed by atoms with E-state index in [1.807, 2.05) is 17.0 Å². The predicted octanol–water partition coefficient (Wildman–Crippen LogP) is 4.66. The maximum Gasteiger partial charge on any atom is 0.226 e. The first-order valence-corrected chi connectivity index (χ1v) is 11.3. The van der Waals surface area contributed by atoms with Gasteiger partial charge in [0.25, 0.3) is 0 Å². The van der Waals surface area contributed by atoms with Crippen molar-refractivity contribution in [3.63, 3.8) is 0 Å². The molecule has 0 bridgehead atoms. The van der Waals surface area contributed by atoms with E-state index >= 15 is 0 Å². The zero-order valence-corrected chi connectivity index (χ0v) is 21.1. The van der Waals surface area contributed by atoms with Crippen molar-refractivity contribution in [1.82, 2.24) is 15.6 Å². The van der Waals surface area contributed by atoms with Crippen LogP contribution >= 0.6 is 35.3 Å². The number of nitrogens with one attached hydrogen (secondary N) is 2. The number of thiazole rings is 1. The predicted molar refractivity (Wildman–Crippen MR) is 136 cm³/mol. The van der Waals surface area contributed by atoms with E-state index in [0.717, 1.165) is 53.8 Å². The SMILES string of the molecule is CCNC(=NCc1ccc(N2CCCCC2=O)cc1)NCc1nc(C(C)C)cs1.I. The van der Waals surface area contributed by atoms with Crippen LogP contribution in [0.3, 0.4) is 0 Å². The van der Waals surface area contributed by atoms with Crippen LogP contribution in [0, 0.1) is 0 Å². The van der Waals surface area contributed by atoms with Crippen LogP contribution in [0.4, 0.5) is 5.69 Å². The summed E-state index contributed by atoms with van der Waals surface area (Å²) in [6.07, 6.45) is 2.73. The van der Waals surface area contributed by atoms with Crippen molar-refractivity contribution >= 4 is 52.9 Å². The van der Waals surface area contributed by atoms with Crippen molar-refractivity contribution in [2.45, 2.75) is 59.0 Å². The molecule has 0 spiro atoms. The molecule has 1 saturated heterocycles. The lowest BCUT2D eigenvalue weighted by Gasteiger charge is -2.26. The molecule has 3 rings (SSSR count). The van der Waals surface area contributed by atoms with Crippen LogP contribution < -0.4 is 15.5 Å². The molecule has 6 nitrogen and oxygen atoms in total. The summed E-state index contributed by atoms with van der Waals surface area (Å²) in [5, 5.41) is 9.84. The van der Waals surface area contributed by atoms with Crippen molar-refractivity contribution in [3.8, 4) is 0 Å². The lowest BCUT2D eigenvalue weighted by atomic mass is 10.1. The number of nitrogens with zero attached hydrogens (tertiary/aromatic N) is 3. The molecular weight excluding hydrogens is 509 g/mol. The molecule has 2 aromatic rings. The minimum atomic E-state index is 0. The second kappa shape index (κ2) is 12.2. The Morgan fingerprint density at radius 1 is 1.23 bits per heavy atom. The number of aliphatic imine (C=N–C) groups is 1. The zero-order valence-electron chi connectivity index (χ0n) is 18.0. The number of benzene rings is 1. The van der Waals surface area contributed by atoms with Crippen molar-refractivity contribution < 1.29 is 4.79 Å². The molecule has 0 unspecified atom stereocenters. The Kier molecular flexibility index (Phi) is 10.0. The summed E-state index contributed by atoms with van der Waals surface area (Å²) >= 11 is 1.68. The number of guanidine groups is 1. The highest BCUT2D eigenvalue weighted by Crippen LogP contribution is 2.21. The van der Waals surface area contributed by atoms with Gasteiger partial charge in [-0.25, -0.2) is 9.98 Å². The van der Waals surface area contributed by atoms with Crippen molar-refractivity contribution in [1.29, 1.82) is 0 Å². The minimum absolute atomic E-state index is 0. The van der Waals surface area contributed by atoms with Gasteiger partial charge in [0.15, 0.2) is 5.96 Å². The lowest BCUT2D eigenvalue weighted by Crippen LogP contribution is -2.36. The van der Waals surface area contributed by atoms with E-state index in [1.165, 1.54) is 0 Å². The second-order valence-corrected chi connectivity index (χ2v) is 8.48. The van der Waals surface area contributed by atoms with Crippen LogP contribution in [0.15, 0.2) is 34.6 Å². The van der Waals surface area contributed by atoms with E-state index in [1.54, 1.807) is 11.3 Å². The van der Waals surface area contributed by atoms with E-state index in [9.17, 15) is 4.79 Å². The Hall–Kier alpha value is -1.68. The van der Waals surface area contributed by atoms with E-state index in [-0.39, 0.29) is 29.9 Å². The van der Waals surface area contributed by atoms with Crippen LogP contribution in [0.5, 0.6) is 0 Å². The Balaban J connectivity index is 0.00000320. The summed E-state index contributed by atoms with van der Waals surface area (Å²) in [6, 6.07) is 8.16. The standard InChI is InChI=1S/C22H31N5OS.HI/c1-4-23-22(25-14-20-26-19(15-29-20)16(2)3)24-13-17-8-10-18(11-9-17)27-12-6-5-7-21(27)28;/h8-11,15-16H,4-7,12-14H2,1-3H3,(H2,23,24,25);1H. The van der Waals surface area contributed by atoms with Crippen molar-refractivity contribution in [2.24, 2.45) is 4.99 Å². The molecule has 8 heteroatoms. The molecule has 0 atom stereocenters.